The molecule has 2 fully saturated rings. The number of β-amino-alcohol motifs (C(OH)–C–C–N with tert-alkyl or cyclic N) is 1. The number of piperidine rings is 1. The van der Waals surface area contributed by atoms with Crippen LogP contribution in [0.4, 0.5) is 0 Å². The Bertz CT molecular complexity index is 198. The van der Waals surface area contributed by atoms with Crippen molar-refractivity contribution in [3.8, 4) is 0 Å². The van der Waals surface area contributed by atoms with E-state index in [9.17, 15) is 5.11 Å². The molecule has 1 heterocycles. The van der Waals surface area contributed by atoms with Gasteiger partial charge in [0, 0.05) is 19.1 Å². The van der Waals surface area contributed by atoms with Crippen LogP contribution >= 0.6 is 0 Å². The molecule has 1 aliphatic carbocycles. The molecule has 3 nitrogen and oxygen atoms in total. The summed E-state index contributed by atoms with van der Waals surface area (Å²) in [6.07, 6.45) is 6.38. The zero-order chi connectivity index (χ0) is 11.4. The zero-order valence-corrected chi connectivity index (χ0v) is 10.5. The van der Waals surface area contributed by atoms with E-state index < -0.39 is 0 Å². The molecule has 0 aromatic carbocycles. The lowest BCUT2D eigenvalue weighted by Gasteiger charge is -2.32. The zero-order valence-electron chi connectivity index (χ0n) is 10.5. The summed E-state index contributed by atoms with van der Waals surface area (Å²) in [5.74, 6) is 0.929. The molecule has 0 aromatic heterocycles. The molecular formula is C13H26N2O. The summed E-state index contributed by atoms with van der Waals surface area (Å²) in [5.41, 5.74) is 0. The molecule has 0 aromatic rings. The maximum Gasteiger partial charge on any atom is 0.0791 e. The predicted molar refractivity (Wildman–Crippen MR) is 66.5 cm³/mol. The van der Waals surface area contributed by atoms with E-state index in [1.165, 1.54) is 45.2 Å². The van der Waals surface area contributed by atoms with Gasteiger partial charge in [0.1, 0.15) is 0 Å². The van der Waals surface area contributed by atoms with Crippen LogP contribution in [0, 0.1) is 5.92 Å². The average molecular weight is 226 g/mol. The van der Waals surface area contributed by atoms with Crippen LogP contribution in [0.2, 0.25) is 0 Å². The lowest BCUT2D eigenvalue weighted by atomic mass is 9.94. The van der Waals surface area contributed by atoms with Gasteiger partial charge in [-0.2, -0.15) is 0 Å². The smallest absolute Gasteiger partial charge is 0.0791 e. The number of nitrogens with zero attached hydrogens (tertiary/aromatic N) is 1. The van der Waals surface area contributed by atoms with Gasteiger partial charge in [-0.05, 0) is 44.7 Å². The summed E-state index contributed by atoms with van der Waals surface area (Å²) >= 11 is 0. The highest BCUT2D eigenvalue weighted by atomic mass is 16.3. The number of hydrogen-bond acceptors (Lipinski definition) is 3. The standard InChI is InChI=1S/C13H26N2O/c1-2-11-5-7-15(8-6-11)10-13(16)9-14-12-3-4-12/h11-14,16H,2-10H2,1H3. The molecule has 0 amide bonds. The number of nitrogens with one attached hydrogen (secondary N) is 1. The van der Waals surface area contributed by atoms with Crippen molar-refractivity contribution < 1.29 is 5.11 Å². The summed E-state index contributed by atoms with van der Waals surface area (Å²) < 4.78 is 0. The number of likely N-dealkylation sites (tertiary alicyclic amines) is 1. The second-order valence-corrected chi connectivity index (χ2v) is 5.49. The summed E-state index contributed by atoms with van der Waals surface area (Å²) in [5, 5.41) is 13.3. The van der Waals surface area contributed by atoms with Crippen LogP contribution in [0.5, 0.6) is 0 Å². The highest BCUT2D eigenvalue weighted by Crippen LogP contribution is 2.20. The topological polar surface area (TPSA) is 35.5 Å². The first-order valence-electron chi connectivity index (χ1n) is 6.91. The molecule has 3 heteroatoms. The largest absolute Gasteiger partial charge is 0.390 e. The van der Waals surface area contributed by atoms with Crippen LogP contribution in [-0.4, -0.2) is 48.3 Å². The monoisotopic (exact) mass is 226 g/mol. The third-order valence-corrected chi connectivity index (χ3v) is 3.97. The van der Waals surface area contributed by atoms with Gasteiger partial charge < -0.3 is 15.3 Å². The minimum absolute atomic E-state index is 0.182. The summed E-state index contributed by atoms with van der Waals surface area (Å²) in [7, 11) is 0. The Hall–Kier alpha value is -0.120. The maximum absolute atomic E-state index is 9.90. The van der Waals surface area contributed by atoms with Crippen molar-refractivity contribution in [3.05, 3.63) is 0 Å². The second kappa shape index (κ2) is 5.99. The van der Waals surface area contributed by atoms with Crippen LogP contribution < -0.4 is 5.32 Å². The fraction of sp³-hybridized carbons (Fsp3) is 1.00. The van der Waals surface area contributed by atoms with Crippen molar-refractivity contribution in [2.75, 3.05) is 26.2 Å². The fourth-order valence-corrected chi connectivity index (χ4v) is 2.53. The fourth-order valence-electron chi connectivity index (χ4n) is 2.53. The quantitative estimate of drug-likeness (QED) is 0.715. The van der Waals surface area contributed by atoms with E-state index in [1.807, 2.05) is 0 Å². The van der Waals surface area contributed by atoms with Gasteiger partial charge in [0.15, 0.2) is 0 Å². The van der Waals surface area contributed by atoms with Gasteiger partial charge in [-0.3, -0.25) is 0 Å². The Morgan fingerprint density at radius 2 is 1.94 bits per heavy atom. The van der Waals surface area contributed by atoms with E-state index >= 15 is 0 Å². The average Bonchev–Trinajstić information content (AvgIpc) is 3.11. The Balaban J connectivity index is 1.57. The Morgan fingerprint density at radius 1 is 1.25 bits per heavy atom. The van der Waals surface area contributed by atoms with Gasteiger partial charge in [0.25, 0.3) is 0 Å². The van der Waals surface area contributed by atoms with Crippen LogP contribution in [0.25, 0.3) is 0 Å². The number of rotatable bonds is 6. The maximum atomic E-state index is 9.90. The first-order chi connectivity index (χ1) is 7.78. The van der Waals surface area contributed by atoms with Gasteiger partial charge in [0.2, 0.25) is 0 Å². The van der Waals surface area contributed by atoms with Gasteiger partial charge in [0.05, 0.1) is 6.10 Å². The minimum Gasteiger partial charge on any atom is -0.390 e. The summed E-state index contributed by atoms with van der Waals surface area (Å²) in [4.78, 5) is 2.42. The van der Waals surface area contributed by atoms with Crippen molar-refractivity contribution in [1.29, 1.82) is 0 Å². The molecule has 1 atom stereocenters. The molecule has 1 aliphatic heterocycles. The SMILES string of the molecule is CCC1CCN(CC(O)CNC2CC2)CC1. The molecule has 0 spiro atoms. The number of aliphatic hydroxyl groups is 1. The third-order valence-electron chi connectivity index (χ3n) is 3.97. The summed E-state index contributed by atoms with van der Waals surface area (Å²) in [6, 6.07) is 0.709. The number of aliphatic hydroxyl groups excluding tert-OH is 1. The van der Waals surface area contributed by atoms with E-state index in [1.54, 1.807) is 0 Å². The van der Waals surface area contributed by atoms with Gasteiger partial charge in [-0.1, -0.05) is 13.3 Å². The Kier molecular flexibility index (Phi) is 4.62. The second-order valence-electron chi connectivity index (χ2n) is 5.49. The molecule has 0 bridgehead atoms. The predicted octanol–water partition coefficient (Wildman–Crippen LogP) is 1.22. The van der Waals surface area contributed by atoms with Crippen LogP contribution in [0.15, 0.2) is 0 Å². The van der Waals surface area contributed by atoms with Gasteiger partial charge >= 0.3 is 0 Å². The van der Waals surface area contributed by atoms with E-state index in [0.717, 1.165) is 19.0 Å². The molecule has 2 rings (SSSR count). The normalized spacial score (nSPS) is 25.9. The first-order valence-corrected chi connectivity index (χ1v) is 6.91. The van der Waals surface area contributed by atoms with Gasteiger partial charge in [-0.25, -0.2) is 0 Å². The van der Waals surface area contributed by atoms with Crippen molar-refractivity contribution in [3.63, 3.8) is 0 Å². The van der Waals surface area contributed by atoms with Gasteiger partial charge in [-0.15, -0.1) is 0 Å². The van der Waals surface area contributed by atoms with E-state index in [-0.39, 0.29) is 6.10 Å². The third kappa shape index (κ3) is 4.04. The highest BCUT2D eigenvalue weighted by molar-refractivity contribution is 4.82. The Morgan fingerprint density at radius 3 is 2.50 bits per heavy atom. The first kappa shape index (κ1) is 12.3. The molecule has 2 N–H and O–H groups in total. The molecular weight excluding hydrogens is 200 g/mol. The molecule has 1 saturated carbocycles. The minimum atomic E-state index is -0.182. The van der Waals surface area contributed by atoms with Crippen LogP contribution in [0.3, 0.4) is 0 Å². The van der Waals surface area contributed by atoms with E-state index in [4.69, 9.17) is 0 Å². The van der Waals surface area contributed by atoms with Crippen molar-refractivity contribution >= 4 is 0 Å². The van der Waals surface area contributed by atoms with E-state index in [0.29, 0.717) is 6.04 Å². The Labute approximate surface area is 99.2 Å². The van der Waals surface area contributed by atoms with E-state index in [2.05, 4.69) is 17.1 Å². The van der Waals surface area contributed by atoms with Crippen LogP contribution in [-0.2, 0) is 0 Å². The molecule has 94 valence electrons. The molecule has 1 unspecified atom stereocenters. The molecule has 0 radical (unpaired) electrons. The van der Waals surface area contributed by atoms with Crippen molar-refractivity contribution in [2.24, 2.45) is 5.92 Å². The number of hydrogen-bond donors (Lipinski definition) is 2. The lowest BCUT2D eigenvalue weighted by molar-refractivity contribution is 0.0879. The highest BCUT2D eigenvalue weighted by Gasteiger charge is 2.23. The molecule has 2 aliphatic rings. The lowest BCUT2D eigenvalue weighted by Crippen LogP contribution is -2.42. The molecule has 1 saturated heterocycles. The summed E-state index contributed by atoms with van der Waals surface area (Å²) in [6.45, 7) is 6.28. The molecule has 16 heavy (non-hydrogen) atoms. The van der Waals surface area contributed by atoms with Crippen LogP contribution in [0.1, 0.15) is 39.0 Å². The van der Waals surface area contributed by atoms with Crippen molar-refractivity contribution in [1.82, 2.24) is 10.2 Å². The van der Waals surface area contributed by atoms with Crippen molar-refractivity contribution in [2.45, 2.75) is 51.2 Å².